The highest BCUT2D eigenvalue weighted by atomic mass is 32.2. The lowest BCUT2D eigenvalue weighted by atomic mass is 10.3. The molecule has 142 valence electrons. The van der Waals surface area contributed by atoms with Crippen LogP contribution in [0.2, 0.25) is 0 Å². The van der Waals surface area contributed by atoms with Gasteiger partial charge < -0.3 is 9.32 Å². The molecule has 2 heterocycles. The van der Waals surface area contributed by atoms with Crippen LogP contribution in [0.1, 0.15) is 0 Å². The smallest absolute Gasteiger partial charge is 0.408 e. The normalized spacial score (nSPS) is 16.8. The van der Waals surface area contributed by atoms with Crippen LogP contribution in [0.4, 0.5) is 4.39 Å². The number of para-hydroxylation sites is 2. The number of quaternary nitrogens is 1. The molecule has 1 aliphatic heterocycles. The summed E-state index contributed by atoms with van der Waals surface area (Å²) >= 11 is 0. The van der Waals surface area contributed by atoms with Gasteiger partial charge in [-0.15, -0.1) is 0 Å². The van der Waals surface area contributed by atoms with Gasteiger partial charge in [0.15, 0.2) is 12.3 Å². The molecule has 7 nitrogen and oxygen atoms in total. The summed E-state index contributed by atoms with van der Waals surface area (Å²) in [6, 6.07) is 12.2. The second-order valence-corrected chi connectivity index (χ2v) is 8.47. The number of hydrogen-bond donors (Lipinski definition) is 1. The maximum Gasteiger partial charge on any atom is 0.424 e. The first-order valence-corrected chi connectivity index (χ1v) is 10.1. The predicted octanol–water partition coefficient (Wildman–Crippen LogP) is 0.280. The molecule has 0 unspecified atom stereocenters. The summed E-state index contributed by atoms with van der Waals surface area (Å²) in [6.07, 6.45) is 0. The number of nitrogens with one attached hydrogen (secondary N) is 1. The van der Waals surface area contributed by atoms with E-state index in [1.165, 1.54) is 22.5 Å². The van der Waals surface area contributed by atoms with Crippen LogP contribution in [0.25, 0.3) is 11.1 Å². The summed E-state index contributed by atoms with van der Waals surface area (Å²) < 4.78 is 46.9. The van der Waals surface area contributed by atoms with Crippen molar-refractivity contribution in [2.75, 3.05) is 26.2 Å². The van der Waals surface area contributed by atoms with Crippen LogP contribution in [0.15, 0.2) is 62.6 Å². The summed E-state index contributed by atoms with van der Waals surface area (Å²) in [5.41, 5.74) is 1.26. The molecule has 2 aromatic carbocycles. The van der Waals surface area contributed by atoms with Crippen LogP contribution in [-0.2, 0) is 16.7 Å². The maximum atomic E-state index is 13.4. The molecule has 0 spiro atoms. The fraction of sp³-hybridized carbons (Fsp3) is 0.278. The summed E-state index contributed by atoms with van der Waals surface area (Å²) in [6.45, 7) is 2.10. The third-order valence-corrected chi connectivity index (χ3v) is 6.71. The van der Waals surface area contributed by atoms with Crippen LogP contribution in [0.5, 0.6) is 0 Å². The Morgan fingerprint density at radius 3 is 2.56 bits per heavy atom. The van der Waals surface area contributed by atoms with Crippen LogP contribution >= 0.6 is 0 Å². The molecule has 0 bridgehead atoms. The van der Waals surface area contributed by atoms with E-state index in [-0.39, 0.29) is 4.90 Å². The number of piperazine rings is 1. The van der Waals surface area contributed by atoms with Gasteiger partial charge >= 0.3 is 5.76 Å². The molecule has 0 aliphatic carbocycles. The third kappa shape index (κ3) is 3.41. The Hall–Kier alpha value is -2.49. The molecular weight excluding hydrogens is 373 g/mol. The number of halogens is 1. The highest BCUT2D eigenvalue weighted by Gasteiger charge is 2.31. The Morgan fingerprint density at radius 2 is 1.81 bits per heavy atom. The van der Waals surface area contributed by atoms with Crippen molar-refractivity contribution in [2.45, 2.75) is 11.6 Å². The molecule has 1 saturated heterocycles. The van der Waals surface area contributed by atoms with Gasteiger partial charge in [0.05, 0.1) is 36.6 Å². The highest BCUT2D eigenvalue weighted by molar-refractivity contribution is 7.89. The third-order valence-electron chi connectivity index (χ3n) is 4.82. The molecule has 1 aliphatic rings. The van der Waals surface area contributed by atoms with Gasteiger partial charge in [-0.05, 0) is 30.3 Å². The fourth-order valence-electron chi connectivity index (χ4n) is 3.36. The predicted molar refractivity (Wildman–Crippen MR) is 96.3 cm³/mol. The molecule has 0 radical (unpaired) electrons. The summed E-state index contributed by atoms with van der Waals surface area (Å²) in [5, 5.41) is 0. The number of sulfonamides is 1. The minimum atomic E-state index is -3.72. The Balaban J connectivity index is 1.47. The lowest BCUT2D eigenvalue weighted by Crippen LogP contribution is -3.14. The van der Waals surface area contributed by atoms with Crippen molar-refractivity contribution < 1.29 is 22.1 Å². The van der Waals surface area contributed by atoms with Gasteiger partial charge in [0.1, 0.15) is 5.82 Å². The number of aromatic nitrogens is 1. The quantitative estimate of drug-likeness (QED) is 0.692. The minimum Gasteiger partial charge on any atom is -0.408 e. The van der Waals surface area contributed by atoms with Crippen molar-refractivity contribution in [2.24, 2.45) is 0 Å². The molecule has 9 heteroatoms. The van der Waals surface area contributed by atoms with Crippen LogP contribution in [-0.4, -0.2) is 43.5 Å². The van der Waals surface area contributed by atoms with E-state index in [9.17, 15) is 17.6 Å². The number of hydrogen-bond acceptors (Lipinski definition) is 4. The number of fused-ring (bicyclic) bond motifs is 1. The van der Waals surface area contributed by atoms with Crippen LogP contribution in [0.3, 0.4) is 0 Å². The van der Waals surface area contributed by atoms with Crippen LogP contribution in [0, 0.1) is 5.82 Å². The second kappa shape index (κ2) is 6.91. The van der Waals surface area contributed by atoms with Gasteiger partial charge in [-0.2, -0.15) is 4.31 Å². The first-order valence-electron chi connectivity index (χ1n) is 8.63. The van der Waals surface area contributed by atoms with Gasteiger partial charge in [-0.1, -0.05) is 18.2 Å². The van der Waals surface area contributed by atoms with Crippen molar-refractivity contribution in [3.63, 3.8) is 0 Å². The van der Waals surface area contributed by atoms with Crippen molar-refractivity contribution >= 4 is 21.1 Å². The zero-order valence-corrected chi connectivity index (χ0v) is 15.3. The Labute approximate surface area is 155 Å². The monoisotopic (exact) mass is 392 g/mol. The zero-order chi connectivity index (χ0) is 19.0. The Bertz CT molecular complexity index is 1130. The van der Waals surface area contributed by atoms with E-state index in [1.54, 1.807) is 16.7 Å². The van der Waals surface area contributed by atoms with E-state index in [0.717, 1.165) is 16.5 Å². The molecule has 1 aromatic heterocycles. The molecule has 3 aromatic rings. The SMILES string of the molecule is O=c1oc2ccccc2n1C[NH+]1CCN(S(=O)(=O)c2cccc(F)c2)CC1. The number of oxazole rings is 1. The van der Waals surface area contributed by atoms with Gasteiger partial charge in [-0.3, -0.25) is 0 Å². The van der Waals surface area contributed by atoms with E-state index in [1.807, 2.05) is 12.1 Å². The van der Waals surface area contributed by atoms with Gasteiger partial charge in [0.25, 0.3) is 0 Å². The fourth-order valence-corrected chi connectivity index (χ4v) is 4.84. The topological polar surface area (TPSA) is 77.0 Å². The molecule has 0 atom stereocenters. The van der Waals surface area contributed by atoms with Crippen molar-refractivity contribution in [1.29, 1.82) is 0 Å². The lowest BCUT2D eigenvalue weighted by molar-refractivity contribution is -0.926. The largest absolute Gasteiger partial charge is 0.424 e. The van der Waals surface area contributed by atoms with Crippen molar-refractivity contribution in [3.8, 4) is 0 Å². The Kier molecular flexibility index (Phi) is 4.58. The van der Waals surface area contributed by atoms with E-state index in [0.29, 0.717) is 38.4 Å². The van der Waals surface area contributed by atoms with E-state index >= 15 is 0 Å². The first-order chi connectivity index (χ1) is 12.9. The van der Waals surface area contributed by atoms with E-state index in [2.05, 4.69) is 0 Å². The Morgan fingerprint density at radius 1 is 1.07 bits per heavy atom. The maximum absolute atomic E-state index is 13.4. The van der Waals surface area contributed by atoms with E-state index < -0.39 is 21.6 Å². The second-order valence-electron chi connectivity index (χ2n) is 6.53. The molecule has 1 N–H and O–H groups in total. The number of benzene rings is 2. The molecule has 0 saturated carbocycles. The van der Waals surface area contributed by atoms with Gasteiger partial charge in [0, 0.05) is 0 Å². The molecule has 4 rings (SSSR count). The number of nitrogens with zero attached hydrogens (tertiary/aromatic N) is 2. The summed E-state index contributed by atoms with van der Waals surface area (Å²) in [5.74, 6) is -0.995. The van der Waals surface area contributed by atoms with E-state index in [4.69, 9.17) is 4.42 Å². The number of rotatable bonds is 4. The first kappa shape index (κ1) is 17.9. The highest BCUT2D eigenvalue weighted by Crippen LogP contribution is 2.16. The van der Waals surface area contributed by atoms with Gasteiger partial charge in [-0.25, -0.2) is 22.2 Å². The molecule has 1 fully saturated rings. The lowest BCUT2D eigenvalue weighted by Gasteiger charge is -2.31. The van der Waals surface area contributed by atoms with Crippen molar-refractivity contribution in [3.05, 3.63) is 64.9 Å². The molecule has 0 amide bonds. The molecule has 27 heavy (non-hydrogen) atoms. The minimum absolute atomic E-state index is 0.0389. The van der Waals surface area contributed by atoms with Crippen LogP contribution < -0.4 is 10.7 Å². The zero-order valence-electron chi connectivity index (χ0n) is 14.5. The average Bonchev–Trinajstić information content (AvgIpc) is 2.98. The molecular formula is C18H19FN3O4S+. The summed E-state index contributed by atoms with van der Waals surface area (Å²) in [4.78, 5) is 13.1. The van der Waals surface area contributed by atoms with Crippen molar-refractivity contribution in [1.82, 2.24) is 8.87 Å². The van der Waals surface area contributed by atoms with Gasteiger partial charge in [0.2, 0.25) is 10.0 Å². The standard InChI is InChI=1S/C18H18FN3O4S/c19-14-4-3-5-15(12-14)27(24,25)21-10-8-20(9-11-21)13-22-16-6-1-2-7-17(16)26-18(22)23/h1-7,12H,8-11,13H2/p+1. The average molecular weight is 392 g/mol. The summed E-state index contributed by atoms with van der Waals surface area (Å²) in [7, 11) is -3.72.